The van der Waals surface area contributed by atoms with Gasteiger partial charge < -0.3 is 15.2 Å². The van der Waals surface area contributed by atoms with Crippen LogP contribution < -0.4 is 5.32 Å². The van der Waals surface area contributed by atoms with E-state index in [-0.39, 0.29) is 11.7 Å². The van der Waals surface area contributed by atoms with Crippen molar-refractivity contribution in [3.05, 3.63) is 28.2 Å². The van der Waals surface area contributed by atoms with Gasteiger partial charge >= 0.3 is 5.97 Å². The summed E-state index contributed by atoms with van der Waals surface area (Å²) < 4.78 is 5.47. The van der Waals surface area contributed by atoms with Crippen molar-refractivity contribution in [3.8, 4) is 5.75 Å². The van der Waals surface area contributed by atoms with E-state index in [9.17, 15) is 9.90 Å². The Labute approximate surface area is 109 Å². The van der Waals surface area contributed by atoms with Crippen LogP contribution in [0.5, 0.6) is 5.75 Å². The van der Waals surface area contributed by atoms with Crippen molar-refractivity contribution in [2.24, 2.45) is 0 Å². The predicted octanol–water partition coefficient (Wildman–Crippen LogP) is 2.20. The lowest BCUT2D eigenvalue weighted by Gasteiger charge is -2.07. The number of nitrogens with one attached hydrogen (secondary N) is 1. The standard InChI is InChI=1S/C12H16BrNO3/c1-2-17-11(15)6-7-14-8-9-4-3-5-10(13)12(9)16/h3-5,14,16H,2,6-8H2,1H3. The number of phenolic OH excluding ortho intramolecular Hbond substituents is 1. The molecular formula is C12H16BrNO3. The highest BCUT2D eigenvalue weighted by molar-refractivity contribution is 9.10. The summed E-state index contributed by atoms with van der Waals surface area (Å²) in [6.07, 6.45) is 0.336. The third kappa shape index (κ3) is 4.75. The van der Waals surface area contributed by atoms with Gasteiger partial charge in [0.25, 0.3) is 0 Å². The summed E-state index contributed by atoms with van der Waals surface area (Å²) in [6.45, 7) is 3.24. The summed E-state index contributed by atoms with van der Waals surface area (Å²) in [5, 5.41) is 12.8. The SMILES string of the molecule is CCOC(=O)CCNCc1cccc(Br)c1O. The van der Waals surface area contributed by atoms with Gasteiger partial charge in [0.05, 0.1) is 17.5 Å². The van der Waals surface area contributed by atoms with Gasteiger partial charge in [-0.25, -0.2) is 0 Å². The Morgan fingerprint density at radius 2 is 2.29 bits per heavy atom. The van der Waals surface area contributed by atoms with E-state index in [0.717, 1.165) is 5.56 Å². The number of hydrogen-bond acceptors (Lipinski definition) is 4. The molecule has 1 rings (SSSR count). The van der Waals surface area contributed by atoms with Gasteiger partial charge in [-0.1, -0.05) is 12.1 Å². The number of rotatable bonds is 6. The highest BCUT2D eigenvalue weighted by Crippen LogP contribution is 2.27. The van der Waals surface area contributed by atoms with E-state index in [0.29, 0.717) is 30.6 Å². The number of benzene rings is 1. The van der Waals surface area contributed by atoms with E-state index in [2.05, 4.69) is 21.2 Å². The molecule has 0 saturated carbocycles. The third-order valence-corrected chi connectivity index (χ3v) is 2.84. The fraction of sp³-hybridized carbons (Fsp3) is 0.417. The maximum absolute atomic E-state index is 11.1. The molecule has 2 N–H and O–H groups in total. The molecule has 94 valence electrons. The molecule has 0 aliphatic rings. The maximum Gasteiger partial charge on any atom is 0.307 e. The normalized spacial score (nSPS) is 10.2. The number of esters is 1. The summed E-state index contributed by atoms with van der Waals surface area (Å²) >= 11 is 3.25. The van der Waals surface area contributed by atoms with Crippen LogP contribution >= 0.6 is 15.9 Å². The van der Waals surface area contributed by atoms with Crippen molar-refractivity contribution < 1.29 is 14.6 Å². The van der Waals surface area contributed by atoms with Gasteiger partial charge in [-0.15, -0.1) is 0 Å². The van der Waals surface area contributed by atoms with Crippen molar-refractivity contribution in [2.45, 2.75) is 19.9 Å². The summed E-state index contributed by atoms with van der Waals surface area (Å²) in [4.78, 5) is 11.1. The number of hydrogen-bond donors (Lipinski definition) is 2. The number of carbonyl (C=O) groups excluding carboxylic acids is 1. The average Bonchev–Trinajstić information content (AvgIpc) is 2.30. The molecule has 0 aliphatic carbocycles. The molecule has 17 heavy (non-hydrogen) atoms. The van der Waals surface area contributed by atoms with E-state index < -0.39 is 0 Å². The Morgan fingerprint density at radius 1 is 1.53 bits per heavy atom. The van der Waals surface area contributed by atoms with Crippen LogP contribution in [0.4, 0.5) is 0 Å². The average molecular weight is 302 g/mol. The molecule has 5 heteroatoms. The lowest BCUT2D eigenvalue weighted by atomic mass is 10.2. The van der Waals surface area contributed by atoms with E-state index in [1.54, 1.807) is 13.0 Å². The van der Waals surface area contributed by atoms with Crippen LogP contribution in [0.1, 0.15) is 18.9 Å². The summed E-state index contributed by atoms with van der Waals surface area (Å²) in [5.41, 5.74) is 0.795. The van der Waals surface area contributed by atoms with E-state index in [1.165, 1.54) is 0 Å². The molecule has 0 fully saturated rings. The van der Waals surface area contributed by atoms with E-state index >= 15 is 0 Å². The lowest BCUT2D eigenvalue weighted by Crippen LogP contribution is -2.19. The van der Waals surface area contributed by atoms with Gasteiger partial charge in [0.1, 0.15) is 5.75 Å². The number of halogens is 1. The molecule has 0 bridgehead atoms. The lowest BCUT2D eigenvalue weighted by molar-refractivity contribution is -0.142. The van der Waals surface area contributed by atoms with Gasteiger partial charge in [0.15, 0.2) is 0 Å². The quantitative estimate of drug-likeness (QED) is 0.625. The van der Waals surface area contributed by atoms with Gasteiger partial charge in [-0.3, -0.25) is 4.79 Å². The Hall–Kier alpha value is -1.07. The number of carbonyl (C=O) groups is 1. The molecule has 1 aromatic rings. The van der Waals surface area contributed by atoms with Crippen LogP contribution in [0.15, 0.2) is 22.7 Å². The van der Waals surface area contributed by atoms with Crippen molar-refractivity contribution in [1.29, 1.82) is 0 Å². The zero-order valence-corrected chi connectivity index (χ0v) is 11.3. The highest BCUT2D eigenvalue weighted by atomic mass is 79.9. The first kappa shape index (κ1) is 14.0. The van der Waals surface area contributed by atoms with Crippen molar-refractivity contribution in [1.82, 2.24) is 5.32 Å². The Bertz CT molecular complexity index is 382. The first-order valence-corrected chi connectivity index (χ1v) is 6.27. The van der Waals surface area contributed by atoms with Crippen LogP contribution in [0.2, 0.25) is 0 Å². The highest BCUT2D eigenvalue weighted by Gasteiger charge is 2.05. The van der Waals surface area contributed by atoms with Crippen molar-refractivity contribution in [3.63, 3.8) is 0 Å². The second-order valence-corrected chi connectivity index (χ2v) is 4.33. The number of aromatic hydroxyl groups is 1. The molecule has 4 nitrogen and oxygen atoms in total. The zero-order chi connectivity index (χ0) is 12.7. The number of phenols is 1. The van der Waals surface area contributed by atoms with Crippen LogP contribution in [-0.4, -0.2) is 24.2 Å². The molecule has 0 atom stereocenters. The number of para-hydroxylation sites is 1. The molecular weight excluding hydrogens is 286 g/mol. The summed E-state index contributed by atoms with van der Waals surface area (Å²) in [6, 6.07) is 5.46. The van der Waals surface area contributed by atoms with Gasteiger partial charge in [0.2, 0.25) is 0 Å². The Kier molecular flexibility index (Phi) is 6.00. The van der Waals surface area contributed by atoms with Crippen LogP contribution in [0, 0.1) is 0 Å². The van der Waals surface area contributed by atoms with Crippen LogP contribution in [0.3, 0.4) is 0 Å². The molecule has 0 aliphatic heterocycles. The van der Waals surface area contributed by atoms with Crippen molar-refractivity contribution >= 4 is 21.9 Å². The minimum atomic E-state index is -0.210. The second kappa shape index (κ2) is 7.29. The van der Waals surface area contributed by atoms with Crippen molar-refractivity contribution in [2.75, 3.05) is 13.2 Å². The minimum absolute atomic E-state index is 0.210. The zero-order valence-electron chi connectivity index (χ0n) is 9.70. The smallest absolute Gasteiger partial charge is 0.307 e. The molecule has 0 unspecified atom stereocenters. The maximum atomic E-state index is 11.1. The molecule has 0 radical (unpaired) electrons. The molecule has 0 heterocycles. The molecule has 1 aromatic carbocycles. The first-order chi connectivity index (χ1) is 8.15. The Balaban J connectivity index is 2.31. The monoisotopic (exact) mass is 301 g/mol. The van der Waals surface area contributed by atoms with Gasteiger partial charge in [-0.2, -0.15) is 0 Å². The summed E-state index contributed by atoms with van der Waals surface area (Å²) in [5.74, 6) is 0.0228. The van der Waals surface area contributed by atoms with Crippen LogP contribution in [-0.2, 0) is 16.1 Å². The Morgan fingerprint density at radius 3 is 3.00 bits per heavy atom. The molecule has 0 amide bonds. The molecule has 0 saturated heterocycles. The fourth-order valence-electron chi connectivity index (χ4n) is 1.35. The molecule has 0 spiro atoms. The minimum Gasteiger partial charge on any atom is -0.506 e. The van der Waals surface area contributed by atoms with E-state index in [1.807, 2.05) is 12.1 Å². The van der Waals surface area contributed by atoms with E-state index in [4.69, 9.17) is 4.74 Å². The number of ether oxygens (including phenoxy) is 1. The first-order valence-electron chi connectivity index (χ1n) is 5.47. The third-order valence-electron chi connectivity index (χ3n) is 2.20. The predicted molar refractivity (Wildman–Crippen MR) is 68.8 cm³/mol. The summed E-state index contributed by atoms with van der Waals surface area (Å²) in [7, 11) is 0. The topological polar surface area (TPSA) is 58.6 Å². The molecule has 0 aromatic heterocycles. The largest absolute Gasteiger partial charge is 0.506 e. The van der Waals surface area contributed by atoms with Crippen LogP contribution in [0.25, 0.3) is 0 Å². The second-order valence-electron chi connectivity index (χ2n) is 3.48. The van der Waals surface area contributed by atoms with Gasteiger partial charge in [-0.05, 0) is 28.9 Å². The van der Waals surface area contributed by atoms with Gasteiger partial charge in [0, 0.05) is 18.7 Å². The fourth-order valence-corrected chi connectivity index (χ4v) is 1.76.